The van der Waals surface area contributed by atoms with Crippen LogP contribution in [0.15, 0.2) is 6.33 Å². The quantitative estimate of drug-likeness (QED) is 0.518. The van der Waals surface area contributed by atoms with Crippen molar-refractivity contribution < 1.29 is 0 Å². The number of fused-ring (bicyclic) bond motifs is 1. The lowest BCUT2D eigenvalue weighted by Crippen LogP contribution is -1.66. The van der Waals surface area contributed by atoms with E-state index in [1.807, 2.05) is 0 Å². The molecule has 0 N–H and O–H groups in total. The van der Waals surface area contributed by atoms with Crippen molar-refractivity contribution in [3.05, 3.63) is 6.33 Å². The average Bonchev–Trinajstić information content (AvgIpc) is 2.15. The predicted octanol–water partition coefficient (Wildman–Crippen LogP) is 1.10. The Morgan fingerprint density at radius 3 is 3.25 bits per heavy atom. The Balaban J connectivity index is 2.84. The zero-order valence-electron chi connectivity index (χ0n) is 3.74. The Kier molecular flexibility index (Phi) is 0.793. The largest absolute Gasteiger partial charge is 0.221 e. The van der Waals surface area contributed by atoms with Gasteiger partial charge in [-0.1, -0.05) is 0 Å². The van der Waals surface area contributed by atoms with Crippen molar-refractivity contribution >= 4 is 20.9 Å². The molecule has 0 bridgehead atoms. The van der Waals surface area contributed by atoms with Gasteiger partial charge in [-0.2, -0.15) is 4.37 Å². The normalized spacial score (nSPS) is 10.5. The number of aromatic nitrogens is 3. The second kappa shape index (κ2) is 1.46. The molecule has 5 heteroatoms. The highest BCUT2D eigenvalue weighted by Crippen LogP contribution is 2.22. The average molecular weight is 143 g/mol. The minimum absolute atomic E-state index is 0.778. The summed E-state index contributed by atoms with van der Waals surface area (Å²) in [4.78, 5) is 7.81. The highest BCUT2D eigenvalue weighted by Gasteiger charge is 2.06. The molecule has 0 aliphatic carbocycles. The Morgan fingerprint density at radius 2 is 2.38 bits per heavy atom. The van der Waals surface area contributed by atoms with E-state index in [2.05, 4.69) is 14.3 Å². The van der Waals surface area contributed by atoms with Crippen LogP contribution < -0.4 is 0 Å². The second-order valence-corrected chi connectivity index (χ2v) is 3.08. The van der Waals surface area contributed by atoms with Gasteiger partial charge in [-0.15, -0.1) is 0 Å². The Hall–Kier alpha value is -0.550. The molecule has 2 aliphatic rings. The maximum absolute atomic E-state index is 3.97. The molecule has 0 spiro atoms. The van der Waals surface area contributed by atoms with Crippen LogP contribution in [-0.2, 0) is 0 Å². The van der Waals surface area contributed by atoms with Crippen molar-refractivity contribution in [2.75, 3.05) is 0 Å². The molecule has 8 heavy (non-hydrogen) atoms. The lowest BCUT2D eigenvalue weighted by Gasteiger charge is -1.68. The van der Waals surface area contributed by atoms with Crippen molar-refractivity contribution in [2.24, 2.45) is 0 Å². The summed E-state index contributed by atoms with van der Waals surface area (Å²) >= 11 is 0. The number of rotatable bonds is 0. The van der Waals surface area contributed by atoms with Gasteiger partial charge in [-0.05, 0) is 10.3 Å². The van der Waals surface area contributed by atoms with Crippen LogP contribution in [0.25, 0.3) is 10.8 Å². The van der Waals surface area contributed by atoms with E-state index < -0.39 is 0 Å². The van der Waals surface area contributed by atoms with Crippen LogP contribution in [0.1, 0.15) is 0 Å². The summed E-state index contributed by atoms with van der Waals surface area (Å²) in [6.07, 6.45) is 1.53. The van der Waals surface area contributed by atoms with Gasteiger partial charge in [0.15, 0.2) is 5.01 Å². The number of imidazole rings is 1. The predicted molar refractivity (Wildman–Crippen MR) is 32.2 cm³/mol. The summed E-state index contributed by atoms with van der Waals surface area (Å²) < 4.78 is 3.97. The molecule has 0 fully saturated rings. The van der Waals surface area contributed by atoms with Gasteiger partial charge in [0.05, 0.1) is 0 Å². The molecule has 0 atom stereocenters. The molecule has 0 aromatic rings. The van der Waals surface area contributed by atoms with E-state index >= 15 is 0 Å². The van der Waals surface area contributed by atoms with Crippen LogP contribution >= 0.6 is 20.9 Å². The number of hydrogen-bond acceptors (Lipinski definition) is 5. The maximum atomic E-state index is 3.97. The highest BCUT2D eigenvalue weighted by molar-refractivity contribution is 7.68. The van der Waals surface area contributed by atoms with Crippen LogP contribution in [0.3, 0.4) is 0 Å². The van der Waals surface area contributed by atoms with Crippen LogP contribution in [-0.4, -0.2) is 14.3 Å². The zero-order chi connectivity index (χ0) is 5.40. The highest BCUT2D eigenvalue weighted by atomic mass is 32.9. The fourth-order valence-corrected chi connectivity index (χ4v) is 1.98. The molecule has 0 amide bonds. The van der Waals surface area contributed by atoms with Crippen molar-refractivity contribution in [3.63, 3.8) is 0 Å². The van der Waals surface area contributed by atoms with Gasteiger partial charge in [0.25, 0.3) is 0 Å². The van der Waals surface area contributed by atoms with Crippen molar-refractivity contribution in [2.45, 2.75) is 0 Å². The van der Waals surface area contributed by atoms with Crippen LogP contribution in [0.2, 0.25) is 0 Å². The molecule has 2 rings (SSSR count). The fourth-order valence-electron chi connectivity index (χ4n) is 0.460. The van der Waals surface area contributed by atoms with Crippen molar-refractivity contribution in [1.82, 2.24) is 14.3 Å². The summed E-state index contributed by atoms with van der Waals surface area (Å²) in [5.41, 5.74) is 0. The molecule has 40 valence electrons. The Labute approximate surface area is 52.9 Å². The van der Waals surface area contributed by atoms with E-state index in [4.69, 9.17) is 0 Å². The SMILES string of the molecule is c1nc2nssc-2n1. The van der Waals surface area contributed by atoms with Gasteiger partial charge in [0.1, 0.15) is 6.33 Å². The molecule has 0 aromatic heterocycles. The Bertz CT molecular complexity index is 204. The molecule has 3 nitrogen and oxygen atoms in total. The molecule has 2 aliphatic heterocycles. The molecule has 0 radical (unpaired) electrons. The van der Waals surface area contributed by atoms with Crippen LogP contribution in [0, 0.1) is 0 Å². The first-order valence-electron chi connectivity index (χ1n) is 1.99. The monoisotopic (exact) mass is 143 g/mol. The first-order chi connectivity index (χ1) is 3.97. The number of nitrogens with zero attached hydrogens (tertiary/aromatic N) is 3. The van der Waals surface area contributed by atoms with Crippen molar-refractivity contribution in [1.29, 1.82) is 0 Å². The zero-order valence-corrected chi connectivity index (χ0v) is 5.37. The second-order valence-electron chi connectivity index (χ2n) is 1.25. The molecular weight excluding hydrogens is 142 g/mol. The van der Waals surface area contributed by atoms with Crippen LogP contribution in [0.5, 0.6) is 0 Å². The van der Waals surface area contributed by atoms with Gasteiger partial charge in [-0.3, -0.25) is 0 Å². The van der Waals surface area contributed by atoms with E-state index in [1.54, 1.807) is 10.3 Å². The van der Waals surface area contributed by atoms with E-state index in [0.717, 1.165) is 10.8 Å². The lowest BCUT2D eigenvalue weighted by molar-refractivity contribution is 1.31. The molecule has 0 unspecified atom stereocenters. The molecule has 0 saturated carbocycles. The van der Waals surface area contributed by atoms with Crippen molar-refractivity contribution in [3.8, 4) is 10.8 Å². The van der Waals surface area contributed by atoms with Crippen LogP contribution in [0.4, 0.5) is 0 Å². The smallest absolute Gasteiger partial charge is 0.204 e. The van der Waals surface area contributed by atoms with Gasteiger partial charge < -0.3 is 0 Å². The van der Waals surface area contributed by atoms with Gasteiger partial charge in [-0.25, -0.2) is 9.97 Å². The standard InChI is InChI=1S/C3HN3S2/c1-4-2-3(5-1)7-8-6-2/h1H. The summed E-state index contributed by atoms with van der Waals surface area (Å²) in [7, 11) is 2.98. The summed E-state index contributed by atoms with van der Waals surface area (Å²) in [5.74, 6) is 0.778. The van der Waals surface area contributed by atoms with E-state index in [9.17, 15) is 0 Å². The third kappa shape index (κ3) is 0.452. The Morgan fingerprint density at radius 1 is 1.38 bits per heavy atom. The molecule has 0 saturated heterocycles. The molecule has 2 heterocycles. The third-order valence-electron chi connectivity index (χ3n) is 0.786. The summed E-state index contributed by atoms with van der Waals surface area (Å²) in [5, 5.41) is 0.940. The fraction of sp³-hybridized carbons (Fsp3) is 0. The van der Waals surface area contributed by atoms with Gasteiger partial charge >= 0.3 is 0 Å². The van der Waals surface area contributed by atoms with E-state index in [1.165, 1.54) is 16.9 Å². The van der Waals surface area contributed by atoms with Gasteiger partial charge in [0, 0.05) is 10.5 Å². The van der Waals surface area contributed by atoms with Gasteiger partial charge in [0.2, 0.25) is 5.82 Å². The first kappa shape index (κ1) is 4.34. The topological polar surface area (TPSA) is 38.7 Å². The molecule has 0 aromatic carbocycles. The minimum atomic E-state index is 0.778. The summed E-state index contributed by atoms with van der Waals surface area (Å²) in [6.45, 7) is 0. The maximum Gasteiger partial charge on any atom is 0.204 e. The van der Waals surface area contributed by atoms with E-state index in [-0.39, 0.29) is 0 Å². The first-order valence-corrected chi connectivity index (χ1v) is 4.10. The third-order valence-corrected chi connectivity index (χ3v) is 2.47. The molecular formula is C3HN3S2. The lowest BCUT2D eigenvalue weighted by atomic mass is 10.7. The van der Waals surface area contributed by atoms with E-state index in [0.29, 0.717) is 0 Å². The summed E-state index contributed by atoms with van der Waals surface area (Å²) in [6, 6.07) is 0. The minimum Gasteiger partial charge on any atom is -0.221 e. The number of hydrogen-bond donors (Lipinski definition) is 0.